The molecule has 0 spiro atoms. The predicted octanol–water partition coefficient (Wildman–Crippen LogP) is 6.33. The molecule has 4 rings (SSSR count). The van der Waals surface area contributed by atoms with Crippen molar-refractivity contribution in [2.24, 2.45) is 5.10 Å². The molecule has 8 heteroatoms. The first-order valence-corrected chi connectivity index (χ1v) is 12.5. The Labute approximate surface area is 229 Å². The highest BCUT2D eigenvalue weighted by Crippen LogP contribution is 2.23. The van der Waals surface area contributed by atoms with Gasteiger partial charge in [-0.05, 0) is 79.2 Å². The summed E-state index contributed by atoms with van der Waals surface area (Å²) in [5.74, 6) is 0.666. The van der Waals surface area contributed by atoms with Crippen molar-refractivity contribution >= 4 is 34.0 Å². The first kappa shape index (κ1) is 26.6. The van der Waals surface area contributed by atoms with Crippen LogP contribution in [0.5, 0.6) is 17.2 Å². The van der Waals surface area contributed by atoms with E-state index in [0.29, 0.717) is 40.5 Å². The second-order valence-corrected chi connectivity index (χ2v) is 9.21. The van der Waals surface area contributed by atoms with E-state index in [-0.39, 0.29) is 0 Å². The average molecular weight is 573 g/mol. The monoisotopic (exact) mass is 572 g/mol. The number of ether oxygens (including phenoxy) is 3. The molecule has 192 valence electrons. The molecule has 0 aliphatic heterocycles. The molecule has 1 N–H and O–H groups in total. The number of esters is 1. The van der Waals surface area contributed by atoms with Crippen molar-refractivity contribution in [2.75, 3.05) is 7.11 Å². The molecular weight excluding hydrogens is 548 g/mol. The number of hydrogen-bond donors (Lipinski definition) is 1. The molecular formula is C30H25BrN2O5. The number of hydrazone groups is 1. The van der Waals surface area contributed by atoms with Crippen molar-refractivity contribution in [3.05, 3.63) is 123 Å². The van der Waals surface area contributed by atoms with Crippen LogP contribution in [-0.2, 0) is 6.61 Å². The summed E-state index contributed by atoms with van der Waals surface area (Å²) >= 11 is 3.40. The topological polar surface area (TPSA) is 86.2 Å². The number of nitrogens with zero attached hydrogens (tertiary/aromatic N) is 1. The lowest BCUT2D eigenvalue weighted by Gasteiger charge is -2.09. The molecule has 0 atom stereocenters. The smallest absolute Gasteiger partial charge is 0.343 e. The number of carbonyl (C=O) groups is 2. The maximum absolute atomic E-state index is 12.6. The maximum Gasteiger partial charge on any atom is 0.343 e. The molecule has 0 unspecified atom stereocenters. The molecule has 1 amide bonds. The van der Waals surface area contributed by atoms with Gasteiger partial charge in [-0.3, -0.25) is 4.79 Å². The van der Waals surface area contributed by atoms with Crippen LogP contribution in [0.25, 0.3) is 0 Å². The minimum absolute atomic E-state index is 0.294. The molecule has 0 saturated carbocycles. The van der Waals surface area contributed by atoms with E-state index in [9.17, 15) is 9.59 Å². The summed E-state index contributed by atoms with van der Waals surface area (Å²) in [4.78, 5) is 25.1. The van der Waals surface area contributed by atoms with Crippen LogP contribution in [-0.4, -0.2) is 25.2 Å². The molecule has 0 fully saturated rings. The van der Waals surface area contributed by atoms with Crippen molar-refractivity contribution in [3.63, 3.8) is 0 Å². The lowest BCUT2D eigenvalue weighted by atomic mass is 10.2. The van der Waals surface area contributed by atoms with Gasteiger partial charge in [0.2, 0.25) is 0 Å². The number of rotatable bonds is 9. The third-order valence-corrected chi connectivity index (χ3v) is 6.01. The van der Waals surface area contributed by atoms with E-state index in [1.54, 1.807) is 73.8 Å². The van der Waals surface area contributed by atoms with Crippen LogP contribution in [0.3, 0.4) is 0 Å². The zero-order valence-corrected chi connectivity index (χ0v) is 22.4. The fraction of sp³-hybridized carbons (Fsp3) is 0.100. The number of amides is 1. The van der Waals surface area contributed by atoms with Crippen molar-refractivity contribution in [1.29, 1.82) is 0 Å². The van der Waals surface area contributed by atoms with E-state index >= 15 is 0 Å². The second kappa shape index (κ2) is 12.7. The van der Waals surface area contributed by atoms with Gasteiger partial charge in [-0.2, -0.15) is 5.10 Å². The van der Waals surface area contributed by atoms with Gasteiger partial charge in [-0.1, -0.05) is 45.8 Å². The molecule has 7 nitrogen and oxygen atoms in total. The van der Waals surface area contributed by atoms with Crippen LogP contribution in [0.4, 0.5) is 0 Å². The van der Waals surface area contributed by atoms with Crippen molar-refractivity contribution < 1.29 is 23.8 Å². The minimum atomic E-state index is -0.529. The van der Waals surface area contributed by atoms with Gasteiger partial charge < -0.3 is 14.2 Å². The van der Waals surface area contributed by atoms with Gasteiger partial charge in [-0.15, -0.1) is 0 Å². The summed E-state index contributed by atoms with van der Waals surface area (Å²) in [6.45, 7) is 2.48. The van der Waals surface area contributed by atoms with Gasteiger partial charge in [0.15, 0.2) is 0 Å². The van der Waals surface area contributed by atoms with Gasteiger partial charge >= 0.3 is 5.97 Å². The lowest BCUT2D eigenvalue weighted by molar-refractivity contribution is 0.0734. The zero-order chi connectivity index (χ0) is 26.9. The second-order valence-electron chi connectivity index (χ2n) is 8.30. The summed E-state index contributed by atoms with van der Waals surface area (Å²) in [5, 5.41) is 4.04. The molecule has 0 radical (unpaired) electrons. The molecule has 4 aromatic rings. The summed E-state index contributed by atoms with van der Waals surface area (Å²) in [6.07, 6.45) is 1.42. The third kappa shape index (κ3) is 7.30. The molecule has 0 heterocycles. The van der Waals surface area contributed by atoms with Gasteiger partial charge in [-0.25, -0.2) is 10.2 Å². The fourth-order valence-corrected chi connectivity index (χ4v) is 3.76. The number of halogens is 1. The number of aryl methyl sites for hydroxylation is 1. The first-order chi connectivity index (χ1) is 18.4. The van der Waals surface area contributed by atoms with Crippen molar-refractivity contribution in [2.45, 2.75) is 13.5 Å². The Morgan fingerprint density at radius 2 is 1.53 bits per heavy atom. The quantitative estimate of drug-likeness (QED) is 0.110. The number of carbonyl (C=O) groups excluding carboxylic acids is 2. The van der Waals surface area contributed by atoms with Crippen LogP contribution < -0.4 is 19.6 Å². The largest absolute Gasteiger partial charge is 0.497 e. The molecule has 0 aliphatic carbocycles. The molecule has 38 heavy (non-hydrogen) atoms. The van der Waals surface area contributed by atoms with E-state index in [0.717, 1.165) is 10.0 Å². The normalized spacial score (nSPS) is 10.7. The Balaban J connectivity index is 1.36. The predicted molar refractivity (Wildman–Crippen MR) is 149 cm³/mol. The fourth-order valence-electron chi connectivity index (χ4n) is 3.38. The highest BCUT2D eigenvalue weighted by molar-refractivity contribution is 9.10. The van der Waals surface area contributed by atoms with Crippen LogP contribution in [0.1, 0.15) is 37.4 Å². The van der Waals surface area contributed by atoms with Gasteiger partial charge in [0, 0.05) is 15.6 Å². The first-order valence-electron chi connectivity index (χ1n) is 11.7. The standard InChI is InChI=1S/C30H25BrN2O5/c1-20-3-5-21(6-4-20)19-37-27-14-7-22(8-15-27)29(34)33-32-18-24-17-25(31)11-16-28(24)38-30(35)23-9-12-26(36-2)13-10-23/h3-18H,19H2,1-2H3,(H,33,34)/b32-18+. The van der Waals surface area contributed by atoms with Gasteiger partial charge in [0.25, 0.3) is 5.91 Å². The molecule has 0 bridgehead atoms. The van der Waals surface area contributed by atoms with Crippen LogP contribution in [0, 0.1) is 6.92 Å². The third-order valence-electron chi connectivity index (χ3n) is 5.51. The minimum Gasteiger partial charge on any atom is -0.497 e. The summed E-state index contributed by atoms with van der Waals surface area (Å²) in [6, 6.07) is 26.6. The van der Waals surface area contributed by atoms with Gasteiger partial charge in [0.1, 0.15) is 23.9 Å². The highest BCUT2D eigenvalue weighted by Gasteiger charge is 2.12. The van der Waals surface area contributed by atoms with Crippen LogP contribution >= 0.6 is 15.9 Å². The Morgan fingerprint density at radius 3 is 2.21 bits per heavy atom. The number of hydrogen-bond acceptors (Lipinski definition) is 6. The van der Waals surface area contributed by atoms with E-state index in [2.05, 4.69) is 26.5 Å². The zero-order valence-electron chi connectivity index (χ0n) is 20.8. The summed E-state index contributed by atoms with van der Waals surface area (Å²) in [7, 11) is 1.55. The molecule has 0 saturated heterocycles. The summed E-state index contributed by atoms with van der Waals surface area (Å²) in [5.41, 5.74) is 6.04. The van der Waals surface area contributed by atoms with E-state index < -0.39 is 11.9 Å². The Morgan fingerprint density at radius 1 is 0.868 bits per heavy atom. The van der Waals surface area contributed by atoms with Crippen LogP contribution in [0.2, 0.25) is 0 Å². The van der Waals surface area contributed by atoms with E-state index in [4.69, 9.17) is 14.2 Å². The maximum atomic E-state index is 12.6. The van der Waals surface area contributed by atoms with Gasteiger partial charge in [0.05, 0.1) is 18.9 Å². The Kier molecular flexibility index (Phi) is 8.89. The molecule has 0 aliphatic rings. The number of methoxy groups -OCH3 is 1. The SMILES string of the molecule is COc1ccc(C(=O)Oc2ccc(Br)cc2/C=N/NC(=O)c2ccc(OCc3ccc(C)cc3)cc2)cc1. The van der Waals surface area contributed by atoms with Crippen molar-refractivity contribution in [3.8, 4) is 17.2 Å². The highest BCUT2D eigenvalue weighted by atomic mass is 79.9. The Hall–Kier alpha value is -4.43. The van der Waals surface area contributed by atoms with Crippen LogP contribution in [0.15, 0.2) is 101 Å². The average Bonchev–Trinajstić information content (AvgIpc) is 2.94. The molecule has 0 aromatic heterocycles. The molecule has 4 aromatic carbocycles. The Bertz CT molecular complexity index is 1430. The van der Waals surface area contributed by atoms with E-state index in [1.165, 1.54) is 11.8 Å². The number of nitrogens with one attached hydrogen (secondary N) is 1. The number of benzene rings is 4. The summed E-state index contributed by atoms with van der Waals surface area (Å²) < 4.78 is 17.2. The lowest BCUT2D eigenvalue weighted by Crippen LogP contribution is -2.17. The van der Waals surface area contributed by atoms with E-state index in [1.807, 2.05) is 31.2 Å². The van der Waals surface area contributed by atoms with Crippen molar-refractivity contribution in [1.82, 2.24) is 5.43 Å².